The van der Waals surface area contributed by atoms with Crippen molar-refractivity contribution < 1.29 is 0 Å². The Labute approximate surface area is 106 Å². The molecule has 0 amide bonds. The van der Waals surface area contributed by atoms with Gasteiger partial charge in [0.1, 0.15) is 0 Å². The average Bonchev–Trinajstić information content (AvgIpc) is 2.30. The molecule has 1 rings (SSSR count). The molecule has 1 unspecified atom stereocenters. The molecule has 0 aliphatic carbocycles. The molecule has 0 saturated heterocycles. The van der Waals surface area contributed by atoms with Gasteiger partial charge in [-0.15, -0.1) is 0 Å². The molecule has 0 aliphatic heterocycles. The molecule has 0 bridgehead atoms. The van der Waals surface area contributed by atoms with Crippen LogP contribution in [0.25, 0.3) is 0 Å². The van der Waals surface area contributed by atoms with Crippen molar-refractivity contribution >= 4 is 0 Å². The first-order valence-electron chi connectivity index (χ1n) is 6.80. The van der Waals surface area contributed by atoms with E-state index < -0.39 is 0 Å². The van der Waals surface area contributed by atoms with Crippen molar-refractivity contribution in [2.24, 2.45) is 5.92 Å². The number of hydrogen-bond acceptors (Lipinski definition) is 2. The molecule has 1 N–H and O–H groups in total. The van der Waals surface area contributed by atoms with Crippen LogP contribution in [-0.2, 0) is 6.42 Å². The van der Waals surface area contributed by atoms with E-state index in [9.17, 15) is 0 Å². The Hall–Kier alpha value is -0.890. The predicted octanol–water partition coefficient (Wildman–Crippen LogP) is 3.43. The minimum atomic E-state index is 0.635. The van der Waals surface area contributed by atoms with Crippen molar-refractivity contribution in [3.05, 3.63) is 30.1 Å². The van der Waals surface area contributed by atoms with E-state index >= 15 is 0 Å². The third kappa shape index (κ3) is 7.11. The van der Waals surface area contributed by atoms with Gasteiger partial charge in [-0.2, -0.15) is 0 Å². The van der Waals surface area contributed by atoms with Gasteiger partial charge in [0.15, 0.2) is 0 Å². The fraction of sp³-hybridized carbons (Fsp3) is 0.667. The molecule has 0 aromatic carbocycles. The fourth-order valence-electron chi connectivity index (χ4n) is 1.95. The Balaban J connectivity index is 2.06. The van der Waals surface area contributed by atoms with E-state index in [1.807, 2.05) is 12.4 Å². The SMILES string of the molecule is CC(C)CCCC(C)NCCc1ccncc1. The molecule has 1 aromatic rings. The monoisotopic (exact) mass is 234 g/mol. The maximum absolute atomic E-state index is 4.03. The summed E-state index contributed by atoms with van der Waals surface area (Å²) in [5, 5.41) is 3.58. The van der Waals surface area contributed by atoms with Crippen molar-refractivity contribution in [3.8, 4) is 0 Å². The lowest BCUT2D eigenvalue weighted by Crippen LogP contribution is -2.28. The summed E-state index contributed by atoms with van der Waals surface area (Å²) >= 11 is 0. The number of rotatable bonds is 8. The standard InChI is InChI=1S/C15H26N2/c1-13(2)5-4-6-14(3)17-12-9-15-7-10-16-11-8-15/h7-8,10-11,13-14,17H,4-6,9,12H2,1-3H3. The maximum atomic E-state index is 4.03. The highest BCUT2D eigenvalue weighted by molar-refractivity contribution is 5.09. The van der Waals surface area contributed by atoms with Crippen LogP contribution < -0.4 is 5.32 Å². The molecule has 0 spiro atoms. The van der Waals surface area contributed by atoms with Crippen LogP contribution >= 0.6 is 0 Å². The van der Waals surface area contributed by atoms with Gasteiger partial charge in [0.05, 0.1) is 0 Å². The zero-order valence-electron chi connectivity index (χ0n) is 11.4. The van der Waals surface area contributed by atoms with Crippen LogP contribution in [0.5, 0.6) is 0 Å². The highest BCUT2D eigenvalue weighted by Gasteiger charge is 2.02. The Kier molecular flexibility index (Phi) is 6.87. The molecule has 96 valence electrons. The van der Waals surface area contributed by atoms with Crippen LogP contribution in [0, 0.1) is 5.92 Å². The second kappa shape index (κ2) is 8.24. The van der Waals surface area contributed by atoms with Gasteiger partial charge < -0.3 is 5.32 Å². The van der Waals surface area contributed by atoms with Crippen molar-refractivity contribution in [1.29, 1.82) is 0 Å². The van der Waals surface area contributed by atoms with E-state index in [1.165, 1.54) is 24.8 Å². The molecule has 2 nitrogen and oxygen atoms in total. The Morgan fingerprint density at radius 3 is 2.47 bits per heavy atom. The minimum Gasteiger partial charge on any atom is -0.314 e. The lowest BCUT2D eigenvalue weighted by Gasteiger charge is -2.14. The molecular formula is C15H26N2. The number of hydrogen-bond donors (Lipinski definition) is 1. The lowest BCUT2D eigenvalue weighted by atomic mass is 10.0. The van der Waals surface area contributed by atoms with Gasteiger partial charge in [0.25, 0.3) is 0 Å². The first-order valence-corrected chi connectivity index (χ1v) is 6.80. The number of nitrogens with one attached hydrogen (secondary N) is 1. The van der Waals surface area contributed by atoms with Crippen LogP contribution in [0.4, 0.5) is 0 Å². The van der Waals surface area contributed by atoms with Gasteiger partial charge in [0, 0.05) is 18.4 Å². The third-order valence-corrected chi connectivity index (χ3v) is 3.07. The number of nitrogens with zero attached hydrogens (tertiary/aromatic N) is 1. The van der Waals surface area contributed by atoms with Crippen LogP contribution in [0.1, 0.15) is 45.6 Å². The summed E-state index contributed by atoms with van der Waals surface area (Å²) in [6.45, 7) is 7.93. The summed E-state index contributed by atoms with van der Waals surface area (Å²) < 4.78 is 0. The van der Waals surface area contributed by atoms with Crippen molar-refractivity contribution in [2.75, 3.05) is 6.54 Å². The second-order valence-corrected chi connectivity index (χ2v) is 5.29. The molecule has 1 aromatic heterocycles. The minimum absolute atomic E-state index is 0.635. The summed E-state index contributed by atoms with van der Waals surface area (Å²) in [5.41, 5.74) is 1.36. The van der Waals surface area contributed by atoms with E-state index in [0.29, 0.717) is 6.04 Å². The molecule has 0 saturated carbocycles. The van der Waals surface area contributed by atoms with Gasteiger partial charge >= 0.3 is 0 Å². The van der Waals surface area contributed by atoms with Crippen LogP contribution in [0.3, 0.4) is 0 Å². The molecule has 2 heteroatoms. The smallest absolute Gasteiger partial charge is 0.0270 e. The normalized spacial score (nSPS) is 12.9. The van der Waals surface area contributed by atoms with E-state index in [4.69, 9.17) is 0 Å². The van der Waals surface area contributed by atoms with Crippen LogP contribution in [0.2, 0.25) is 0 Å². The molecule has 1 atom stereocenters. The molecule has 17 heavy (non-hydrogen) atoms. The zero-order chi connectivity index (χ0) is 12.5. The Morgan fingerprint density at radius 2 is 1.82 bits per heavy atom. The summed E-state index contributed by atoms with van der Waals surface area (Å²) in [4.78, 5) is 4.03. The fourth-order valence-corrected chi connectivity index (χ4v) is 1.95. The third-order valence-electron chi connectivity index (χ3n) is 3.07. The van der Waals surface area contributed by atoms with Gasteiger partial charge in [-0.3, -0.25) is 4.98 Å². The maximum Gasteiger partial charge on any atom is 0.0270 e. The second-order valence-electron chi connectivity index (χ2n) is 5.29. The lowest BCUT2D eigenvalue weighted by molar-refractivity contribution is 0.460. The molecule has 0 fully saturated rings. The van der Waals surface area contributed by atoms with E-state index in [1.54, 1.807) is 0 Å². The number of aromatic nitrogens is 1. The summed E-state index contributed by atoms with van der Waals surface area (Å²) in [6.07, 6.45) is 8.78. The average molecular weight is 234 g/mol. The van der Waals surface area contributed by atoms with E-state index in [2.05, 4.69) is 43.2 Å². The van der Waals surface area contributed by atoms with Gasteiger partial charge in [0.2, 0.25) is 0 Å². The van der Waals surface area contributed by atoms with E-state index in [0.717, 1.165) is 18.9 Å². The van der Waals surface area contributed by atoms with Crippen LogP contribution in [-0.4, -0.2) is 17.6 Å². The Bertz CT molecular complexity index is 282. The van der Waals surface area contributed by atoms with Gasteiger partial charge in [-0.05, 0) is 49.9 Å². The summed E-state index contributed by atoms with van der Waals surface area (Å²) in [7, 11) is 0. The first-order chi connectivity index (χ1) is 8.18. The van der Waals surface area contributed by atoms with Gasteiger partial charge in [-0.1, -0.05) is 26.7 Å². The van der Waals surface area contributed by atoms with Crippen molar-refractivity contribution in [3.63, 3.8) is 0 Å². The molecule has 0 radical (unpaired) electrons. The van der Waals surface area contributed by atoms with Crippen molar-refractivity contribution in [1.82, 2.24) is 10.3 Å². The molecule has 1 heterocycles. The largest absolute Gasteiger partial charge is 0.314 e. The van der Waals surface area contributed by atoms with Gasteiger partial charge in [-0.25, -0.2) is 0 Å². The summed E-state index contributed by atoms with van der Waals surface area (Å²) in [6, 6.07) is 4.81. The zero-order valence-corrected chi connectivity index (χ0v) is 11.4. The molecule has 0 aliphatic rings. The molecular weight excluding hydrogens is 208 g/mol. The topological polar surface area (TPSA) is 24.9 Å². The highest BCUT2D eigenvalue weighted by Crippen LogP contribution is 2.08. The summed E-state index contributed by atoms with van der Waals surface area (Å²) in [5.74, 6) is 0.832. The quantitative estimate of drug-likeness (QED) is 0.745. The van der Waals surface area contributed by atoms with Crippen molar-refractivity contribution in [2.45, 2.75) is 52.5 Å². The highest BCUT2D eigenvalue weighted by atomic mass is 14.9. The predicted molar refractivity (Wildman–Crippen MR) is 74.1 cm³/mol. The number of pyridine rings is 1. The first kappa shape index (κ1) is 14.2. The van der Waals surface area contributed by atoms with Crippen LogP contribution in [0.15, 0.2) is 24.5 Å². The Morgan fingerprint density at radius 1 is 1.12 bits per heavy atom. The van der Waals surface area contributed by atoms with E-state index in [-0.39, 0.29) is 0 Å².